The Balaban J connectivity index is 1.55. The Morgan fingerprint density at radius 3 is 2.56 bits per heavy atom. The molecular formula is C21H28N2O3S. The molecule has 146 valence electrons. The predicted molar refractivity (Wildman–Crippen MR) is 107 cm³/mol. The van der Waals surface area contributed by atoms with Crippen molar-refractivity contribution in [2.45, 2.75) is 43.7 Å². The fourth-order valence-corrected chi connectivity index (χ4v) is 4.66. The summed E-state index contributed by atoms with van der Waals surface area (Å²) in [6.45, 7) is 4.57. The number of ether oxygens (including phenoxy) is 1. The van der Waals surface area contributed by atoms with Gasteiger partial charge in [0.25, 0.3) is 0 Å². The molecule has 5 nitrogen and oxygen atoms in total. The SMILES string of the molecule is CCCCOc1ccc(S(=O)(=O)N2CCC(NCc3ccccc3)C2)cc1. The quantitative estimate of drug-likeness (QED) is 0.669. The summed E-state index contributed by atoms with van der Waals surface area (Å²) in [5, 5.41) is 3.46. The lowest BCUT2D eigenvalue weighted by Gasteiger charge is -2.17. The van der Waals surface area contributed by atoms with Crippen molar-refractivity contribution in [1.29, 1.82) is 0 Å². The van der Waals surface area contributed by atoms with Crippen molar-refractivity contribution in [2.24, 2.45) is 0 Å². The first-order chi connectivity index (χ1) is 13.1. The van der Waals surface area contributed by atoms with E-state index in [0.717, 1.165) is 25.8 Å². The second-order valence-corrected chi connectivity index (χ2v) is 8.83. The largest absolute Gasteiger partial charge is 0.494 e. The van der Waals surface area contributed by atoms with Crippen molar-refractivity contribution in [2.75, 3.05) is 19.7 Å². The summed E-state index contributed by atoms with van der Waals surface area (Å²) in [6, 6.07) is 17.1. The summed E-state index contributed by atoms with van der Waals surface area (Å²) >= 11 is 0. The minimum Gasteiger partial charge on any atom is -0.494 e. The molecule has 0 spiro atoms. The molecule has 2 aromatic rings. The number of nitrogens with one attached hydrogen (secondary N) is 1. The van der Waals surface area contributed by atoms with Gasteiger partial charge in [-0.2, -0.15) is 4.31 Å². The molecule has 3 rings (SSSR count). The molecular weight excluding hydrogens is 360 g/mol. The van der Waals surface area contributed by atoms with Crippen LogP contribution in [-0.4, -0.2) is 38.5 Å². The van der Waals surface area contributed by atoms with Crippen molar-refractivity contribution in [1.82, 2.24) is 9.62 Å². The average molecular weight is 389 g/mol. The monoisotopic (exact) mass is 388 g/mol. The Labute approximate surface area is 162 Å². The maximum absolute atomic E-state index is 12.9. The Hall–Kier alpha value is -1.89. The van der Waals surface area contributed by atoms with Crippen LogP contribution in [0.15, 0.2) is 59.5 Å². The fourth-order valence-electron chi connectivity index (χ4n) is 3.16. The van der Waals surface area contributed by atoms with E-state index in [0.29, 0.717) is 30.3 Å². The number of hydrogen-bond acceptors (Lipinski definition) is 4. The molecule has 0 amide bonds. The number of rotatable bonds is 9. The number of hydrogen-bond donors (Lipinski definition) is 1. The topological polar surface area (TPSA) is 58.6 Å². The molecule has 1 saturated heterocycles. The Morgan fingerprint density at radius 2 is 1.85 bits per heavy atom. The van der Waals surface area contributed by atoms with E-state index in [4.69, 9.17) is 4.74 Å². The van der Waals surface area contributed by atoms with E-state index < -0.39 is 10.0 Å². The van der Waals surface area contributed by atoms with Crippen LogP contribution < -0.4 is 10.1 Å². The van der Waals surface area contributed by atoms with Gasteiger partial charge in [-0.1, -0.05) is 43.7 Å². The normalized spacial score (nSPS) is 17.9. The lowest BCUT2D eigenvalue weighted by atomic mass is 10.2. The van der Waals surface area contributed by atoms with E-state index in [-0.39, 0.29) is 6.04 Å². The first-order valence-corrected chi connectivity index (χ1v) is 11.0. The molecule has 0 bridgehead atoms. The zero-order valence-corrected chi connectivity index (χ0v) is 16.6. The van der Waals surface area contributed by atoms with Crippen LogP contribution in [0.3, 0.4) is 0 Å². The minimum atomic E-state index is -3.46. The second kappa shape index (κ2) is 9.35. The highest BCUT2D eigenvalue weighted by molar-refractivity contribution is 7.89. The Kier molecular flexibility index (Phi) is 6.88. The lowest BCUT2D eigenvalue weighted by Crippen LogP contribution is -2.34. The summed E-state index contributed by atoms with van der Waals surface area (Å²) in [4.78, 5) is 0.328. The van der Waals surface area contributed by atoms with Gasteiger partial charge in [0, 0.05) is 25.7 Å². The molecule has 6 heteroatoms. The molecule has 1 N–H and O–H groups in total. The van der Waals surface area contributed by atoms with Gasteiger partial charge in [-0.05, 0) is 42.7 Å². The second-order valence-electron chi connectivity index (χ2n) is 6.89. The first kappa shape index (κ1) is 19.9. The summed E-state index contributed by atoms with van der Waals surface area (Å²) in [6.07, 6.45) is 2.89. The molecule has 0 aromatic heterocycles. The molecule has 0 saturated carbocycles. The van der Waals surface area contributed by atoms with Gasteiger partial charge in [-0.3, -0.25) is 0 Å². The average Bonchev–Trinajstić information content (AvgIpc) is 3.18. The van der Waals surface area contributed by atoms with Crippen LogP contribution in [0.5, 0.6) is 5.75 Å². The van der Waals surface area contributed by atoms with Crippen molar-refractivity contribution in [3.63, 3.8) is 0 Å². The summed E-state index contributed by atoms with van der Waals surface area (Å²) in [7, 11) is -3.46. The van der Waals surface area contributed by atoms with Gasteiger partial charge < -0.3 is 10.1 Å². The molecule has 1 unspecified atom stereocenters. The zero-order chi connectivity index (χ0) is 19.1. The number of benzene rings is 2. The number of nitrogens with zero attached hydrogens (tertiary/aromatic N) is 1. The summed E-state index contributed by atoms with van der Waals surface area (Å²) in [5.41, 5.74) is 1.21. The van der Waals surface area contributed by atoms with E-state index in [1.165, 1.54) is 5.56 Å². The Morgan fingerprint density at radius 1 is 1.11 bits per heavy atom. The van der Waals surface area contributed by atoms with E-state index in [2.05, 4.69) is 24.4 Å². The van der Waals surface area contributed by atoms with Gasteiger partial charge >= 0.3 is 0 Å². The van der Waals surface area contributed by atoms with Crippen molar-refractivity contribution in [3.05, 3.63) is 60.2 Å². The summed E-state index contributed by atoms with van der Waals surface area (Å²) < 4.78 is 33.0. The van der Waals surface area contributed by atoms with Crippen LogP contribution in [0.25, 0.3) is 0 Å². The zero-order valence-electron chi connectivity index (χ0n) is 15.8. The van der Waals surface area contributed by atoms with E-state index in [9.17, 15) is 8.42 Å². The number of unbranched alkanes of at least 4 members (excludes halogenated alkanes) is 1. The van der Waals surface area contributed by atoms with E-state index in [1.807, 2.05) is 18.2 Å². The van der Waals surface area contributed by atoms with Crippen LogP contribution in [0.1, 0.15) is 31.7 Å². The highest BCUT2D eigenvalue weighted by Crippen LogP contribution is 2.23. The molecule has 1 fully saturated rings. The molecule has 1 atom stereocenters. The minimum absolute atomic E-state index is 0.177. The fraction of sp³-hybridized carbons (Fsp3) is 0.429. The molecule has 2 aromatic carbocycles. The molecule has 1 heterocycles. The van der Waals surface area contributed by atoms with Crippen molar-refractivity contribution < 1.29 is 13.2 Å². The molecule has 0 radical (unpaired) electrons. The van der Waals surface area contributed by atoms with Crippen molar-refractivity contribution >= 4 is 10.0 Å². The van der Waals surface area contributed by atoms with E-state index in [1.54, 1.807) is 28.6 Å². The molecule has 27 heavy (non-hydrogen) atoms. The first-order valence-electron chi connectivity index (χ1n) is 9.60. The van der Waals surface area contributed by atoms with Gasteiger partial charge in [0.15, 0.2) is 0 Å². The third-order valence-electron chi connectivity index (χ3n) is 4.82. The van der Waals surface area contributed by atoms with Gasteiger partial charge in [0.05, 0.1) is 11.5 Å². The Bertz CT molecular complexity index is 807. The summed E-state index contributed by atoms with van der Waals surface area (Å²) in [5.74, 6) is 0.714. The predicted octanol–water partition coefficient (Wildman–Crippen LogP) is 3.42. The third-order valence-corrected chi connectivity index (χ3v) is 6.70. The van der Waals surface area contributed by atoms with Crippen LogP contribution in [0, 0.1) is 0 Å². The smallest absolute Gasteiger partial charge is 0.243 e. The van der Waals surface area contributed by atoms with Crippen LogP contribution in [0.4, 0.5) is 0 Å². The lowest BCUT2D eigenvalue weighted by molar-refractivity contribution is 0.309. The van der Waals surface area contributed by atoms with Gasteiger partial charge in [0.1, 0.15) is 5.75 Å². The molecule has 1 aliphatic heterocycles. The van der Waals surface area contributed by atoms with Gasteiger partial charge in [-0.25, -0.2) is 8.42 Å². The standard InChI is InChI=1S/C21H28N2O3S/c1-2-3-15-26-20-9-11-21(12-10-20)27(24,25)23-14-13-19(17-23)22-16-18-7-5-4-6-8-18/h4-12,19,22H,2-3,13-17H2,1H3. The van der Waals surface area contributed by atoms with Gasteiger partial charge in [0.2, 0.25) is 10.0 Å². The van der Waals surface area contributed by atoms with Crippen molar-refractivity contribution in [3.8, 4) is 5.75 Å². The molecule has 1 aliphatic rings. The van der Waals surface area contributed by atoms with Crippen LogP contribution in [-0.2, 0) is 16.6 Å². The maximum atomic E-state index is 12.9. The van der Waals surface area contributed by atoms with Crippen LogP contribution >= 0.6 is 0 Å². The maximum Gasteiger partial charge on any atom is 0.243 e. The molecule has 0 aliphatic carbocycles. The van der Waals surface area contributed by atoms with Crippen LogP contribution in [0.2, 0.25) is 0 Å². The highest BCUT2D eigenvalue weighted by Gasteiger charge is 2.32. The highest BCUT2D eigenvalue weighted by atomic mass is 32.2. The van der Waals surface area contributed by atoms with Gasteiger partial charge in [-0.15, -0.1) is 0 Å². The van der Waals surface area contributed by atoms with E-state index >= 15 is 0 Å². The number of sulfonamides is 1. The third kappa shape index (κ3) is 5.31.